The van der Waals surface area contributed by atoms with Crippen LogP contribution < -0.4 is 10.6 Å². The monoisotopic (exact) mass is 375 g/mol. The van der Waals surface area contributed by atoms with Gasteiger partial charge in [0.2, 0.25) is 17.7 Å². The lowest BCUT2D eigenvalue weighted by Crippen LogP contribution is -2.55. The molecule has 3 atom stereocenters. The predicted octanol–water partition coefficient (Wildman–Crippen LogP) is -1.68. The van der Waals surface area contributed by atoms with E-state index in [0.29, 0.717) is 0 Å². The lowest BCUT2D eigenvalue weighted by Gasteiger charge is -2.28. The average molecular weight is 375 g/mol. The van der Waals surface area contributed by atoms with Crippen molar-refractivity contribution in [3.63, 3.8) is 0 Å². The highest BCUT2D eigenvalue weighted by molar-refractivity contribution is 6.18. The molecule has 0 radical (unpaired) electrons. The van der Waals surface area contributed by atoms with Gasteiger partial charge in [-0.25, -0.2) is 0 Å². The number of allylic oxidation sites excluding steroid dienone is 2. The molecule has 10 heteroatoms. The number of carbonyl (C=O) groups excluding carboxylic acids is 6. The SMILES string of the molecule is CC(=O)OCC(=O)NC1C=CC=C2C(=O)N(C3CCC(=O)NC3=O)C(=O)C21. The van der Waals surface area contributed by atoms with E-state index in [4.69, 9.17) is 0 Å². The van der Waals surface area contributed by atoms with Crippen molar-refractivity contribution in [2.45, 2.75) is 31.8 Å². The van der Waals surface area contributed by atoms with Crippen molar-refractivity contribution in [1.29, 1.82) is 0 Å². The number of hydrogen-bond donors (Lipinski definition) is 2. The Balaban J connectivity index is 1.77. The fraction of sp³-hybridized carbons (Fsp3) is 0.412. The van der Waals surface area contributed by atoms with Crippen molar-refractivity contribution in [3.8, 4) is 0 Å². The Morgan fingerprint density at radius 2 is 2.04 bits per heavy atom. The topological polar surface area (TPSA) is 139 Å². The van der Waals surface area contributed by atoms with Crippen molar-refractivity contribution in [1.82, 2.24) is 15.5 Å². The van der Waals surface area contributed by atoms with Gasteiger partial charge in [0, 0.05) is 18.9 Å². The smallest absolute Gasteiger partial charge is 0.303 e. The number of amides is 5. The maximum absolute atomic E-state index is 12.9. The standard InChI is InChI=1S/C17H17N3O7/c1-8(21)27-7-13(23)18-10-4-2-3-9-14(10)17(26)20(16(9)25)11-5-6-12(22)19-15(11)24/h2-4,10-11,14H,5-7H2,1H3,(H,18,23)(H,19,22,24). The van der Waals surface area contributed by atoms with Crippen LogP contribution in [0.4, 0.5) is 0 Å². The van der Waals surface area contributed by atoms with E-state index < -0.39 is 60.1 Å². The molecule has 27 heavy (non-hydrogen) atoms. The van der Waals surface area contributed by atoms with Gasteiger partial charge >= 0.3 is 5.97 Å². The van der Waals surface area contributed by atoms with E-state index in [-0.39, 0.29) is 18.4 Å². The molecule has 3 unspecified atom stereocenters. The highest BCUT2D eigenvalue weighted by Gasteiger charge is 2.52. The van der Waals surface area contributed by atoms with E-state index in [1.807, 2.05) is 0 Å². The summed E-state index contributed by atoms with van der Waals surface area (Å²) in [6.45, 7) is 0.649. The van der Waals surface area contributed by atoms with Gasteiger partial charge in [-0.3, -0.25) is 39.0 Å². The van der Waals surface area contributed by atoms with Crippen molar-refractivity contribution in [2.24, 2.45) is 5.92 Å². The second kappa shape index (κ2) is 7.14. The summed E-state index contributed by atoms with van der Waals surface area (Å²) in [5, 5.41) is 4.66. The first kappa shape index (κ1) is 18.5. The Morgan fingerprint density at radius 1 is 1.30 bits per heavy atom. The second-order valence-electron chi connectivity index (χ2n) is 6.34. The molecule has 3 aliphatic rings. The van der Waals surface area contributed by atoms with Crippen LogP contribution in [0.5, 0.6) is 0 Å². The molecule has 2 fully saturated rings. The minimum absolute atomic E-state index is 0.0258. The quantitative estimate of drug-likeness (QED) is 0.442. The normalized spacial score (nSPS) is 27.1. The molecule has 5 amide bonds. The number of imide groups is 2. The minimum Gasteiger partial charge on any atom is -0.456 e. The number of rotatable bonds is 4. The summed E-state index contributed by atoms with van der Waals surface area (Å²) in [5.74, 6) is -4.62. The fourth-order valence-corrected chi connectivity index (χ4v) is 3.32. The Kier molecular flexibility index (Phi) is 4.89. The highest BCUT2D eigenvalue weighted by Crippen LogP contribution is 2.34. The number of nitrogens with zero attached hydrogens (tertiary/aromatic N) is 1. The summed E-state index contributed by atoms with van der Waals surface area (Å²) in [6, 6.07) is -1.88. The second-order valence-corrected chi connectivity index (χ2v) is 6.34. The van der Waals surface area contributed by atoms with Crippen LogP contribution in [-0.2, 0) is 33.5 Å². The van der Waals surface area contributed by atoms with Crippen LogP contribution in [0, 0.1) is 5.92 Å². The summed E-state index contributed by atoms with van der Waals surface area (Å²) < 4.78 is 4.61. The van der Waals surface area contributed by atoms with Gasteiger partial charge in [-0.05, 0) is 6.42 Å². The van der Waals surface area contributed by atoms with Gasteiger partial charge in [0.1, 0.15) is 6.04 Å². The van der Waals surface area contributed by atoms with E-state index in [2.05, 4.69) is 15.4 Å². The molecular formula is C17H17N3O7. The van der Waals surface area contributed by atoms with E-state index in [1.54, 1.807) is 6.08 Å². The van der Waals surface area contributed by atoms with Gasteiger partial charge < -0.3 is 10.1 Å². The number of ether oxygens (including phenoxy) is 1. The molecule has 0 bridgehead atoms. The molecule has 2 aliphatic heterocycles. The first-order valence-electron chi connectivity index (χ1n) is 8.32. The Bertz CT molecular complexity index is 813. The Morgan fingerprint density at radius 3 is 2.70 bits per heavy atom. The molecule has 142 valence electrons. The lowest BCUT2D eigenvalue weighted by atomic mass is 9.89. The number of hydrogen-bond acceptors (Lipinski definition) is 7. The highest BCUT2D eigenvalue weighted by atomic mass is 16.5. The van der Waals surface area contributed by atoms with Crippen LogP contribution in [0.25, 0.3) is 0 Å². The largest absolute Gasteiger partial charge is 0.456 e. The van der Waals surface area contributed by atoms with E-state index in [1.165, 1.54) is 12.2 Å². The molecular weight excluding hydrogens is 358 g/mol. The third kappa shape index (κ3) is 3.50. The molecule has 0 spiro atoms. The zero-order valence-electron chi connectivity index (χ0n) is 14.4. The third-order valence-corrected chi connectivity index (χ3v) is 4.51. The zero-order valence-corrected chi connectivity index (χ0v) is 14.4. The first-order chi connectivity index (χ1) is 12.8. The summed E-state index contributed by atoms with van der Waals surface area (Å²) >= 11 is 0. The molecule has 3 rings (SSSR count). The molecule has 2 saturated heterocycles. The van der Waals surface area contributed by atoms with Crippen molar-refractivity contribution in [3.05, 3.63) is 23.8 Å². The average Bonchev–Trinajstić information content (AvgIpc) is 2.86. The van der Waals surface area contributed by atoms with Gasteiger partial charge in [0.15, 0.2) is 6.61 Å². The summed E-state index contributed by atoms with van der Waals surface area (Å²) in [4.78, 5) is 72.5. The maximum Gasteiger partial charge on any atom is 0.303 e. The maximum atomic E-state index is 12.9. The van der Waals surface area contributed by atoms with Crippen LogP contribution in [-0.4, -0.2) is 59.1 Å². The van der Waals surface area contributed by atoms with Crippen LogP contribution in [0.3, 0.4) is 0 Å². The number of carbonyl (C=O) groups is 6. The van der Waals surface area contributed by atoms with E-state index >= 15 is 0 Å². The van der Waals surface area contributed by atoms with Crippen LogP contribution in [0.1, 0.15) is 19.8 Å². The van der Waals surface area contributed by atoms with Gasteiger partial charge in [0.05, 0.1) is 12.0 Å². The molecule has 1 aliphatic carbocycles. The van der Waals surface area contributed by atoms with Crippen molar-refractivity contribution < 1.29 is 33.5 Å². The number of esters is 1. The predicted molar refractivity (Wildman–Crippen MR) is 87.3 cm³/mol. The van der Waals surface area contributed by atoms with Gasteiger partial charge in [-0.15, -0.1) is 0 Å². The minimum atomic E-state index is -1.06. The lowest BCUT2D eigenvalue weighted by molar-refractivity contribution is -0.151. The van der Waals surface area contributed by atoms with Crippen LogP contribution in [0.15, 0.2) is 23.8 Å². The summed E-state index contributed by atoms with van der Waals surface area (Å²) in [7, 11) is 0. The van der Waals surface area contributed by atoms with E-state index in [9.17, 15) is 28.8 Å². The number of piperidine rings is 1. The zero-order chi connectivity index (χ0) is 19.7. The third-order valence-electron chi connectivity index (χ3n) is 4.51. The first-order valence-corrected chi connectivity index (χ1v) is 8.32. The van der Waals surface area contributed by atoms with Gasteiger partial charge in [-0.2, -0.15) is 0 Å². The van der Waals surface area contributed by atoms with E-state index in [0.717, 1.165) is 11.8 Å². The Labute approximate surface area is 153 Å². The van der Waals surface area contributed by atoms with Crippen molar-refractivity contribution >= 4 is 35.5 Å². The van der Waals surface area contributed by atoms with Crippen LogP contribution >= 0.6 is 0 Å². The van der Waals surface area contributed by atoms with Gasteiger partial charge in [0.25, 0.3) is 11.8 Å². The molecule has 0 aromatic heterocycles. The van der Waals surface area contributed by atoms with Gasteiger partial charge in [-0.1, -0.05) is 18.2 Å². The molecule has 0 aromatic carbocycles. The number of likely N-dealkylation sites (tertiary alicyclic amines) is 1. The number of fused-ring (bicyclic) bond motifs is 1. The molecule has 2 heterocycles. The Hall–Kier alpha value is -3.30. The van der Waals surface area contributed by atoms with Crippen molar-refractivity contribution in [2.75, 3.05) is 6.61 Å². The molecule has 2 N–H and O–H groups in total. The summed E-state index contributed by atoms with van der Waals surface area (Å²) in [5.41, 5.74) is 0.157. The molecule has 0 aromatic rings. The molecule has 0 saturated carbocycles. The number of nitrogens with one attached hydrogen (secondary N) is 2. The van der Waals surface area contributed by atoms with Crippen LogP contribution in [0.2, 0.25) is 0 Å². The fourth-order valence-electron chi connectivity index (χ4n) is 3.32. The summed E-state index contributed by atoms with van der Waals surface area (Å²) in [6.07, 6.45) is 4.61. The molecule has 10 nitrogen and oxygen atoms in total.